The molecule has 1 aromatic rings. The van der Waals surface area contributed by atoms with E-state index in [1.165, 1.54) is 7.05 Å². The summed E-state index contributed by atoms with van der Waals surface area (Å²) in [5.41, 5.74) is 0. The molecule has 0 aliphatic heterocycles. The summed E-state index contributed by atoms with van der Waals surface area (Å²) in [5, 5.41) is 4.52. The number of nitrogens with one attached hydrogen (secondary N) is 2. The summed E-state index contributed by atoms with van der Waals surface area (Å²) in [6.45, 7) is 3.50. The van der Waals surface area contributed by atoms with Gasteiger partial charge in [0.25, 0.3) is 5.91 Å². The number of carbonyl (C=O) groups is 2. The lowest BCUT2D eigenvalue weighted by Gasteiger charge is -2.13. The first-order valence-corrected chi connectivity index (χ1v) is 4.58. The Hall–Kier alpha value is -1.85. The van der Waals surface area contributed by atoms with E-state index in [1.807, 2.05) is 0 Å². The van der Waals surface area contributed by atoms with E-state index in [4.69, 9.17) is 0 Å². The number of hydrogen-bond acceptors (Lipinski definition) is 3. The number of imidazole rings is 1. The Labute approximate surface area is 87.7 Å². The van der Waals surface area contributed by atoms with E-state index in [-0.39, 0.29) is 5.91 Å². The maximum atomic E-state index is 11.5. The number of nitrogens with zero attached hydrogens (tertiary/aromatic N) is 2. The summed E-state index contributed by atoms with van der Waals surface area (Å²) in [4.78, 5) is 26.5. The number of rotatable bonds is 2. The highest BCUT2D eigenvalue weighted by atomic mass is 16.2. The molecule has 82 valence electrons. The number of imide groups is 1. The minimum atomic E-state index is -0.510. The Kier molecular flexibility index (Phi) is 3.43. The first-order valence-electron chi connectivity index (χ1n) is 4.58. The van der Waals surface area contributed by atoms with Gasteiger partial charge in [0, 0.05) is 19.4 Å². The summed E-state index contributed by atoms with van der Waals surface area (Å²) >= 11 is 0. The van der Waals surface area contributed by atoms with Crippen molar-refractivity contribution in [2.24, 2.45) is 0 Å². The first kappa shape index (κ1) is 11.2. The van der Waals surface area contributed by atoms with Crippen molar-refractivity contribution in [1.29, 1.82) is 0 Å². The molecule has 1 atom stereocenters. The number of urea groups is 1. The fourth-order valence-corrected chi connectivity index (χ4v) is 1.20. The summed E-state index contributed by atoms with van der Waals surface area (Å²) in [5.74, 6) is 0.366. The third-order valence-corrected chi connectivity index (χ3v) is 2.12. The average Bonchev–Trinajstić information content (AvgIpc) is 2.63. The molecule has 0 aliphatic rings. The summed E-state index contributed by atoms with van der Waals surface area (Å²) < 4.78 is 1.69. The zero-order chi connectivity index (χ0) is 11.4. The molecule has 1 unspecified atom stereocenters. The Morgan fingerprint density at radius 1 is 1.53 bits per heavy atom. The van der Waals surface area contributed by atoms with Crippen LogP contribution in [-0.2, 0) is 4.79 Å². The average molecular weight is 210 g/mol. The lowest BCUT2D eigenvalue weighted by molar-refractivity contribution is -0.122. The van der Waals surface area contributed by atoms with Crippen LogP contribution in [0, 0.1) is 6.92 Å². The monoisotopic (exact) mass is 210 g/mol. The van der Waals surface area contributed by atoms with Crippen molar-refractivity contribution < 1.29 is 9.59 Å². The predicted molar refractivity (Wildman–Crippen MR) is 54.3 cm³/mol. The molecule has 3 amide bonds. The van der Waals surface area contributed by atoms with Crippen LogP contribution in [0.3, 0.4) is 0 Å². The van der Waals surface area contributed by atoms with E-state index < -0.39 is 12.1 Å². The van der Waals surface area contributed by atoms with Gasteiger partial charge in [0.15, 0.2) is 0 Å². The second kappa shape index (κ2) is 4.59. The fraction of sp³-hybridized carbons (Fsp3) is 0.444. The van der Waals surface area contributed by atoms with E-state index in [1.54, 1.807) is 30.8 Å². The van der Waals surface area contributed by atoms with Gasteiger partial charge in [0.05, 0.1) is 0 Å². The topological polar surface area (TPSA) is 76.0 Å². The second-order valence-corrected chi connectivity index (χ2v) is 3.13. The Balaban J connectivity index is 2.69. The molecule has 0 saturated carbocycles. The molecule has 2 N–H and O–H groups in total. The quantitative estimate of drug-likeness (QED) is 0.732. The molecular formula is C9H14N4O2. The van der Waals surface area contributed by atoms with Gasteiger partial charge in [0.1, 0.15) is 11.9 Å². The van der Waals surface area contributed by atoms with Crippen LogP contribution in [0.2, 0.25) is 0 Å². The molecule has 0 bridgehead atoms. The van der Waals surface area contributed by atoms with Crippen LogP contribution in [0.15, 0.2) is 12.4 Å². The number of carbonyl (C=O) groups excluding carboxylic acids is 2. The summed E-state index contributed by atoms with van der Waals surface area (Å²) in [6, 6.07) is -0.964. The van der Waals surface area contributed by atoms with Gasteiger partial charge in [-0.2, -0.15) is 0 Å². The Morgan fingerprint density at radius 3 is 2.67 bits per heavy atom. The highest BCUT2D eigenvalue weighted by Gasteiger charge is 2.17. The third kappa shape index (κ3) is 2.55. The zero-order valence-electron chi connectivity index (χ0n) is 8.94. The molecule has 1 heterocycles. The fourth-order valence-electron chi connectivity index (χ4n) is 1.20. The van der Waals surface area contributed by atoms with Crippen LogP contribution in [0.5, 0.6) is 0 Å². The largest absolute Gasteiger partial charge is 0.341 e. The molecule has 0 radical (unpaired) electrons. The number of amides is 3. The van der Waals surface area contributed by atoms with E-state index >= 15 is 0 Å². The molecular weight excluding hydrogens is 196 g/mol. The zero-order valence-corrected chi connectivity index (χ0v) is 8.94. The smallest absolute Gasteiger partial charge is 0.321 e. The van der Waals surface area contributed by atoms with Gasteiger partial charge in [-0.25, -0.2) is 9.78 Å². The van der Waals surface area contributed by atoms with Crippen LogP contribution < -0.4 is 10.6 Å². The van der Waals surface area contributed by atoms with Gasteiger partial charge < -0.3 is 9.88 Å². The molecule has 1 rings (SSSR count). The molecule has 1 aromatic heterocycles. The van der Waals surface area contributed by atoms with Crippen molar-refractivity contribution in [1.82, 2.24) is 20.2 Å². The molecule has 15 heavy (non-hydrogen) atoms. The van der Waals surface area contributed by atoms with E-state index in [9.17, 15) is 9.59 Å². The van der Waals surface area contributed by atoms with E-state index in [2.05, 4.69) is 15.6 Å². The van der Waals surface area contributed by atoms with Crippen LogP contribution in [0.25, 0.3) is 0 Å². The minimum Gasteiger partial charge on any atom is -0.341 e. The van der Waals surface area contributed by atoms with E-state index in [0.29, 0.717) is 0 Å². The van der Waals surface area contributed by atoms with Gasteiger partial charge in [-0.05, 0) is 13.8 Å². The highest BCUT2D eigenvalue weighted by molar-refractivity contribution is 5.95. The normalized spacial score (nSPS) is 11.9. The standard InChI is InChI=1S/C9H14N4O2/c1-6(8(14)12-9(15)10-3)13-5-4-11-7(13)2/h4-6H,1-3H3,(H2,10,12,14,15). The molecule has 6 heteroatoms. The second-order valence-electron chi connectivity index (χ2n) is 3.13. The van der Waals surface area contributed by atoms with Crippen molar-refractivity contribution in [2.75, 3.05) is 7.05 Å². The maximum absolute atomic E-state index is 11.5. The lowest BCUT2D eigenvalue weighted by Crippen LogP contribution is -2.40. The maximum Gasteiger partial charge on any atom is 0.321 e. The summed E-state index contributed by atoms with van der Waals surface area (Å²) in [6.07, 6.45) is 3.31. The predicted octanol–water partition coefficient (Wildman–Crippen LogP) is 0.208. The van der Waals surface area contributed by atoms with Crippen molar-refractivity contribution >= 4 is 11.9 Å². The molecule has 6 nitrogen and oxygen atoms in total. The van der Waals surface area contributed by atoms with Crippen molar-refractivity contribution in [3.8, 4) is 0 Å². The minimum absolute atomic E-state index is 0.365. The van der Waals surface area contributed by atoms with Gasteiger partial charge in [0.2, 0.25) is 0 Å². The Morgan fingerprint density at radius 2 is 2.20 bits per heavy atom. The van der Waals surface area contributed by atoms with Crippen molar-refractivity contribution in [3.63, 3.8) is 0 Å². The number of hydrogen-bond donors (Lipinski definition) is 2. The van der Waals surface area contributed by atoms with Gasteiger partial charge in [-0.3, -0.25) is 10.1 Å². The number of aromatic nitrogens is 2. The highest BCUT2D eigenvalue weighted by Crippen LogP contribution is 2.07. The van der Waals surface area contributed by atoms with Gasteiger partial charge in [-0.15, -0.1) is 0 Å². The van der Waals surface area contributed by atoms with E-state index in [0.717, 1.165) is 5.82 Å². The van der Waals surface area contributed by atoms with Crippen LogP contribution in [0.1, 0.15) is 18.8 Å². The molecule has 0 spiro atoms. The number of aryl methyl sites for hydroxylation is 1. The Bertz CT molecular complexity index is 372. The van der Waals surface area contributed by atoms with Gasteiger partial charge in [-0.1, -0.05) is 0 Å². The van der Waals surface area contributed by atoms with Crippen LogP contribution in [0.4, 0.5) is 4.79 Å². The molecule has 0 aromatic carbocycles. The molecule has 0 fully saturated rings. The van der Waals surface area contributed by atoms with Gasteiger partial charge >= 0.3 is 6.03 Å². The first-order chi connectivity index (χ1) is 7.06. The van der Waals surface area contributed by atoms with Crippen LogP contribution >= 0.6 is 0 Å². The van der Waals surface area contributed by atoms with Crippen molar-refractivity contribution in [3.05, 3.63) is 18.2 Å². The SMILES string of the molecule is CNC(=O)NC(=O)C(C)n1ccnc1C. The molecule has 0 saturated heterocycles. The summed E-state index contributed by atoms with van der Waals surface area (Å²) in [7, 11) is 1.45. The third-order valence-electron chi connectivity index (χ3n) is 2.12. The van der Waals surface area contributed by atoms with Crippen molar-refractivity contribution in [2.45, 2.75) is 19.9 Å². The van der Waals surface area contributed by atoms with Crippen LogP contribution in [-0.4, -0.2) is 28.5 Å². The lowest BCUT2D eigenvalue weighted by atomic mass is 10.3. The molecule has 0 aliphatic carbocycles.